The predicted molar refractivity (Wildman–Crippen MR) is 109 cm³/mol. The first-order valence-electron chi connectivity index (χ1n) is 8.81. The zero-order valence-electron chi connectivity index (χ0n) is 15.9. The molecule has 4 rings (SSSR count). The van der Waals surface area contributed by atoms with E-state index in [0.29, 0.717) is 34.7 Å². The van der Waals surface area contributed by atoms with Gasteiger partial charge < -0.3 is 14.0 Å². The summed E-state index contributed by atoms with van der Waals surface area (Å²) >= 11 is 0. The van der Waals surface area contributed by atoms with Crippen LogP contribution in [-0.2, 0) is 15.4 Å². The second-order valence-corrected chi connectivity index (χ2v) is 7.84. The summed E-state index contributed by atoms with van der Waals surface area (Å²) in [7, 11) is 1.01. The molecule has 0 fully saturated rings. The van der Waals surface area contributed by atoms with Gasteiger partial charge >= 0.3 is 0 Å². The van der Waals surface area contributed by atoms with E-state index in [0.717, 1.165) is 10.5 Å². The number of halogens is 1. The molecule has 2 N–H and O–H groups in total. The molecule has 0 saturated carbocycles. The van der Waals surface area contributed by atoms with Crippen LogP contribution >= 0.6 is 0 Å². The second kappa shape index (κ2) is 8.14. The van der Waals surface area contributed by atoms with Crippen LogP contribution in [0, 0.1) is 10.6 Å². The van der Waals surface area contributed by atoms with E-state index in [9.17, 15) is 4.39 Å². The third kappa shape index (κ3) is 3.92. The van der Waals surface area contributed by atoms with Crippen LogP contribution in [0.3, 0.4) is 0 Å². The van der Waals surface area contributed by atoms with Gasteiger partial charge in [0.05, 0.1) is 12.1 Å². The number of hydrogen-bond donors (Lipinski definition) is 2. The number of rotatable bonds is 7. The molecule has 0 radical (unpaired) electrons. The third-order valence-electron chi connectivity index (χ3n) is 4.41. The fourth-order valence-corrected chi connectivity index (χ4v) is 3.45. The van der Waals surface area contributed by atoms with Crippen molar-refractivity contribution in [2.24, 2.45) is 0 Å². The van der Waals surface area contributed by atoms with E-state index in [-0.39, 0.29) is 12.4 Å². The van der Waals surface area contributed by atoms with Gasteiger partial charge in [-0.15, -0.1) is 0 Å². The molecule has 9 heteroatoms. The normalized spacial score (nSPS) is 12.4. The number of aromatic amines is 1. The summed E-state index contributed by atoms with van der Waals surface area (Å²) in [5, 5.41) is 11.8. The summed E-state index contributed by atoms with van der Waals surface area (Å²) in [6, 6.07) is 12.3. The van der Waals surface area contributed by atoms with Gasteiger partial charge in [0.2, 0.25) is 0 Å². The van der Waals surface area contributed by atoms with Crippen molar-refractivity contribution in [3.8, 4) is 28.5 Å². The van der Waals surface area contributed by atoms with Gasteiger partial charge in [-0.2, -0.15) is 5.10 Å². The Labute approximate surface area is 168 Å². The van der Waals surface area contributed by atoms with Crippen LogP contribution in [0.4, 0.5) is 4.39 Å². The van der Waals surface area contributed by atoms with Crippen molar-refractivity contribution in [2.75, 3.05) is 26.6 Å². The highest BCUT2D eigenvalue weighted by molar-refractivity contribution is 7.85. The summed E-state index contributed by atoms with van der Waals surface area (Å²) in [5.74, 6) is 0.0721. The zero-order valence-corrected chi connectivity index (χ0v) is 16.7. The Bertz CT molecular complexity index is 1170. The van der Waals surface area contributed by atoms with Gasteiger partial charge in [0.25, 0.3) is 0 Å². The minimum absolute atomic E-state index is 0.132. The Balaban J connectivity index is 1.63. The van der Waals surface area contributed by atoms with Gasteiger partial charge in [-0.3, -0.25) is 9.88 Å². The predicted octanol–water partition coefficient (Wildman–Crippen LogP) is 4.42. The molecule has 1 unspecified atom stereocenters. The number of methoxy groups -OCH3 is 1. The van der Waals surface area contributed by atoms with E-state index in [1.54, 1.807) is 19.2 Å². The van der Waals surface area contributed by atoms with Crippen molar-refractivity contribution >= 4 is 21.6 Å². The third-order valence-corrected chi connectivity index (χ3v) is 5.39. The number of nitrogens with zero attached hydrogens (tertiary/aromatic N) is 2. The van der Waals surface area contributed by atoms with Crippen LogP contribution in [0.2, 0.25) is 0 Å². The van der Waals surface area contributed by atoms with E-state index in [2.05, 4.69) is 15.4 Å². The Morgan fingerprint density at radius 1 is 1.17 bits per heavy atom. The lowest BCUT2D eigenvalue weighted by molar-refractivity contribution is 0.144. The first-order valence-corrected chi connectivity index (χ1v) is 10.4. The van der Waals surface area contributed by atoms with Gasteiger partial charge in [0, 0.05) is 35.1 Å². The molecule has 2 heterocycles. The molecule has 0 aliphatic carbocycles. The fourth-order valence-electron chi connectivity index (χ4n) is 2.90. The van der Waals surface area contributed by atoms with Gasteiger partial charge in [0.1, 0.15) is 18.0 Å². The first kappa shape index (κ1) is 19.3. The number of H-pyrrole nitrogens is 1. The lowest BCUT2D eigenvalue weighted by Gasteiger charge is -2.06. The first-order chi connectivity index (χ1) is 14.1. The highest BCUT2D eigenvalue weighted by Gasteiger charge is 2.17. The van der Waals surface area contributed by atoms with Crippen molar-refractivity contribution in [3.05, 3.63) is 48.3 Å². The molecule has 4 aromatic rings. The smallest absolute Gasteiger partial charge is 0.188 e. The quantitative estimate of drug-likeness (QED) is 0.436. The van der Waals surface area contributed by atoms with Gasteiger partial charge in [-0.1, -0.05) is 28.0 Å². The van der Waals surface area contributed by atoms with Crippen LogP contribution in [0.1, 0.15) is 0 Å². The minimum Gasteiger partial charge on any atom is -0.488 e. The zero-order chi connectivity index (χ0) is 20.4. The molecule has 0 aliphatic heterocycles. The minimum atomic E-state index is -0.546. The average molecular weight is 414 g/mol. The molecule has 0 aliphatic rings. The van der Waals surface area contributed by atoms with Gasteiger partial charge in [0.15, 0.2) is 17.3 Å². The van der Waals surface area contributed by atoms with E-state index in [1.165, 1.54) is 6.07 Å². The lowest BCUT2D eigenvalue weighted by atomic mass is 10.1. The van der Waals surface area contributed by atoms with Crippen LogP contribution in [0.15, 0.2) is 51.9 Å². The second-order valence-electron chi connectivity index (χ2n) is 6.35. The molecule has 1 atom stereocenters. The molecule has 2 aromatic heterocycles. The largest absolute Gasteiger partial charge is 0.488 e. The Morgan fingerprint density at radius 2 is 1.97 bits per heavy atom. The number of nitrogens with one attached hydrogen (secondary N) is 2. The highest BCUT2D eigenvalue weighted by Crippen LogP contribution is 2.33. The van der Waals surface area contributed by atoms with E-state index in [4.69, 9.17) is 18.8 Å². The molecule has 0 bridgehead atoms. The summed E-state index contributed by atoms with van der Waals surface area (Å²) in [6.45, 7) is 0.623. The fraction of sp³-hybridized carbons (Fsp3) is 0.200. The Hall–Kier alpha value is -3.04. The van der Waals surface area contributed by atoms with E-state index in [1.807, 2.05) is 30.5 Å². The maximum Gasteiger partial charge on any atom is 0.188 e. The van der Waals surface area contributed by atoms with E-state index < -0.39 is 16.5 Å². The number of hydrogen-bond acceptors (Lipinski definition) is 6. The van der Waals surface area contributed by atoms with Crippen LogP contribution in [0.25, 0.3) is 33.6 Å². The molecule has 29 heavy (non-hydrogen) atoms. The van der Waals surface area contributed by atoms with Crippen LogP contribution in [0.5, 0.6) is 5.75 Å². The molecule has 0 amide bonds. The molecule has 150 valence electrons. The Kier molecular flexibility index (Phi) is 5.41. The van der Waals surface area contributed by atoms with Crippen LogP contribution < -0.4 is 4.74 Å². The SMILES string of the molecule is COCCOc1cc2[nH]nc(-c3cc(-c4ccc(S(C)=N)cc4)no3)c2cc1F. The maximum atomic E-state index is 14.4. The summed E-state index contributed by atoms with van der Waals surface area (Å²) in [6.07, 6.45) is 1.85. The molecular formula is C20H19FN4O3S. The standard InChI is InChI=1S/C20H19FN4O3S/c1-26-7-8-27-18-11-17-14(9-15(18)21)20(24-23-17)19-10-16(25-28-19)12-3-5-13(6-4-12)29(2)22/h3-6,9-11,22H,7-8H2,1-2H3,(H,23,24). The van der Waals surface area contributed by atoms with Gasteiger partial charge in [-0.05, 0) is 24.5 Å². The van der Waals surface area contributed by atoms with Crippen molar-refractivity contribution in [3.63, 3.8) is 0 Å². The summed E-state index contributed by atoms with van der Waals surface area (Å²) in [4.78, 5) is 0.953. The number of ether oxygens (including phenoxy) is 2. The maximum absolute atomic E-state index is 14.4. The topological polar surface area (TPSA) is 97.0 Å². The van der Waals surface area contributed by atoms with E-state index >= 15 is 0 Å². The van der Waals surface area contributed by atoms with Crippen molar-refractivity contribution in [1.82, 2.24) is 15.4 Å². The summed E-state index contributed by atoms with van der Waals surface area (Å²) < 4.78 is 38.0. The van der Waals surface area contributed by atoms with Crippen LogP contribution in [-0.4, -0.2) is 41.9 Å². The molecule has 2 aromatic carbocycles. The highest BCUT2D eigenvalue weighted by atomic mass is 32.2. The Morgan fingerprint density at radius 3 is 2.69 bits per heavy atom. The van der Waals surface area contributed by atoms with Crippen molar-refractivity contribution < 1.29 is 18.4 Å². The van der Waals surface area contributed by atoms with Gasteiger partial charge in [-0.25, -0.2) is 4.39 Å². The molecule has 7 nitrogen and oxygen atoms in total. The van der Waals surface area contributed by atoms with Crippen molar-refractivity contribution in [2.45, 2.75) is 4.90 Å². The molecule has 0 spiro atoms. The molecule has 0 saturated heterocycles. The average Bonchev–Trinajstić information content (AvgIpc) is 3.35. The monoisotopic (exact) mass is 414 g/mol. The lowest BCUT2D eigenvalue weighted by Crippen LogP contribution is -2.05. The molecular weight excluding hydrogens is 395 g/mol. The summed E-state index contributed by atoms with van der Waals surface area (Å²) in [5.41, 5.74) is 2.61. The number of fused-ring (bicyclic) bond motifs is 1. The number of benzene rings is 2. The van der Waals surface area contributed by atoms with Crippen molar-refractivity contribution in [1.29, 1.82) is 4.78 Å². The number of aromatic nitrogens is 3.